The Morgan fingerprint density at radius 3 is 1.73 bits per heavy atom. The molecule has 0 N–H and O–H groups in total. The van der Waals surface area contributed by atoms with E-state index in [1.165, 1.54) is 120 Å². The highest BCUT2D eigenvalue weighted by atomic mass is 32.2. The number of hydrogen-bond acceptors (Lipinski definition) is 2. The lowest BCUT2D eigenvalue weighted by atomic mass is 9.70. The maximum absolute atomic E-state index is 12.9. The molecule has 0 aromatic rings. The second kappa shape index (κ2) is 19.0. The number of ketones is 1. The van der Waals surface area contributed by atoms with Crippen molar-refractivity contribution in [3.63, 3.8) is 0 Å². The first-order valence-corrected chi connectivity index (χ1v) is 15.8. The molecule has 1 atom stereocenters. The molecule has 1 aliphatic rings. The minimum Gasteiger partial charge on any atom is -0.294 e. The summed E-state index contributed by atoms with van der Waals surface area (Å²) in [6.45, 7) is 11.3. The Morgan fingerprint density at radius 2 is 1.27 bits per heavy atom. The van der Waals surface area contributed by atoms with Crippen LogP contribution in [-0.4, -0.2) is 16.8 Å². The summed E-state index contributed by atoms with van der Waals surface area (Å²) in [4.78, 5) is 12.9. The lowest BCUT2D eigenvalue weighted by Crippen LogP contribution is -2.27. The molecule has 1 rings (SSSR count). The Hall–Kier alpha value is -0.240. The monoisotopic (exact) mass is 478 g/mol. The smallest absolute Gasteiger partial charge is 0.160 e. The van der Waals surface area contributed by atoms with Gasteiger partial charge in [0.1, 0.15) is 0 Å². The fraction of sp³-hybridized carbons (Fsp3) is 0.903. The van der Waals surface area contributed by atoms with Gasteiger partial charge >= 0.3 is 0 Å². The predicted octanol–water partition coefficient (Wildman–Crippen LogP) is 10.9. The minimum absolute atomic E-state index is 0.0810. The van der Waals surface area contributed by atoms with Crippen LogP contribution in [0.4, 0.5) is 0 Å². The summed E-state index contributed by atoms with van der Waals surface area (Å²) >= 11 is 2.01. The van der Waals surface area contributed by atoms with Gasteiger partial charge in [0.15, 0.2) is 5.78 Å². The van der Waals surface area contributed by atoms with Crippen LogP contribution in [0, 0.1) is 5.41 Å². The van der Waals surface area contributed by atoms with Crippen molar-refractivity contribution >= 4 is 17.5 Å². The molecule has 2 heteroatoms. The maximum Gasteiger partial charge on any atom is 0.160 e. The fourth-order valence-corrected chi connectivity index (χ4v) is 6.64. The van der Waals surface area contributed by atoms with Gasteiger partial charge in [0.2, 0.25) is 0 Å². The number of carbonyl (C=O) groups excluding carboxylic acids is 1. The summed E-state index contributed by atoms with van der Waals surface area (Å²) in [5, 5.41) is 0.451. The van der Waals surface area contributed by atoms with E-state index in [9.17, 15) is 4.79 Å². The van der Waals surface area contributed by atoms with E-state index in [-0.39, 0.29) is 5.41 Å². The van der Waals surface area contributed by atoms with Crippen LogP contribution in [0.15, 0.2) is 11.1 Å². The van der Waals surface area contributed by atoms with Gasteiger partial charge in [-0.1, -0.05) is 130 Å². The summed E-state index contributed by atoms with van der Waals surface area (Å²) in [6.07, 6.45) is 27.0. The molecule has 0 fully saturated rings. The number of allylic oxidation sites excluding steroid dienone is 2. The second-order valence-corrected chi connectivity index (χ2v) is 13.1. The third-order valence-electron chi connectivity index (χ3n) is 7.61. The summed E-state index contributed by atoms with van der Waals surface area (Å²) < 4.78 is 0. The van der Waals surface area contributed by atoms with Crippen molar-refractivity contribution in [1.29, 1.82) is 0 Å². The lowest BCUT2D eigenvalue weighted by Gasteiger charge is -2.34. The number of carbonyl (C=O) groups is 1. The predicted molar refractivity (Wildman–Crippen MR) is 151 cm³/mol. The highest BCUT2D eigenvalue weighted by Gasteiger charge is 2.33. The van der Waals surface area contributed by atoms with Crippen LogP contribution < -0.4 is 0 Å². The Bertz CT molecular complexity index is 533. The van der Waals surface area contributed by atoms with Crippen molar-refractivity contribution in [2.24, 2.45) is 5.41 Å². The third-order valence-corrected chi connectivity index (χ3v) is 8.87. The topological polar surface area (TPSA) is 17.1 Å². The van der Waals surface area contributed by atoms with Gasteiger partial charge in [-0.3, -0.25) is 4.79 Å². The largest absolute Gasteiger partial charge is 0.294 e. The van der Waals surface area contributed by atoms with Gasteiger partial charge in [-0.15, -0.1) is 0 Å². The summed E-state index contributed by atoms with van der Waals surface area (Å²) in [5.41, 5.74) is 2.59. The molecule has 0 aliphatic heterocycles. The normalized spacial score (nSPS) is 16.9. The standard InChI is InChI=1S/C31H58OS/c1-6-7-8-9-10-11-12-13-14-15-16-17-18-19-20-21-25-33-28(3)26-29(32)30-27(2)23-22-24-31(30,4)5/h28H,6-26H2,1-5H3. The Labute approximate surface area is 212 Å². The molecule has 0 bridgehead atoms. The summed E-state index contributed by atoms with van der Waals surface area (Å²) in [7, 11) is 0. The van der Waals surface area contributed by atoms with Crippen molar-refractivity contribution in [3.8, 4) is 0 Å². The van der Waals surface area contributed by atoms with E-state index in [1.54, 1.807) is 0 Å². The first kappa shape index (κ1) is 30.8. The average Bonchev–Trinajstić information content (AvgIpc) is 2.75. The van der Waals surface area contributed by atoms with E-state index >= 15 is 0 Å². The molecule has 1 nitrogen and oxygen atoms in total. The molecular weight excluding hydrogens is 420 g/mol. The van der Waals surface area contributed by atoms with E-state index in [2.05, 4.69) is 34.6 Å². The third kappa shape index (κ3) is 14.7. The van der Waals surface area contributed by atoms with Gasteiger partial charge < -0.3 is 0 Å². The number of hydrogen-bond donors (Lipinski definition) is 0. The van der Waals surface area contributed by atoms with E-state index in [4.69, 9.17) is 0 Å². The first-order valence-electron chi connectivity index (χ1n) is 14.7. The zero-order chi connectivity index (χ0) is 24.4. The van der Waals surface area contributed by atoms with Crippen molar-refractivity contribution in [2.75, 3.05) is 5.75 Å². The molecule has 0 heterocycles. The van der Waals surface area contributed by atoms with Crippen LogP contribution in [0.25, 0.3) is 0 Å². The van der Waals surface area contributed by atoms with E-state index in [0.717, 1.165) is 24.8 Å². The van der Waals surface area contributed by atoms with Gasteiger partial charge in [0.05, 0.1) is 0 Å². The molecule has 0 saturated heterocycles. The Morgan fingerprint density at radius 1 is 0.818 bits per heavy atom. The van der Waals surface area contributed by atoms with E-state index in [0.29, 0.717) is 11.0 Å². The first-order chi connectivity index (χ1) is 15.9. The number of unbranched alkanes of at least 4 members (excludes halogenated alkanes) is 15. The van der Waals surface area contributed by atoms with Crippen LogP contribution >= 0.6 is 11.8 Å². The zero-order valence-corrected chi connectivity index (χ0v) is 24.1. The van der Waals surface area contributed by atoms with Crippen LogP contribution in [-0.2, 0) is 4.79 Å². The van der Waals surface area contributed by atoms with Crippen molar-refractivity contribution in [1.82, 2.24) is 0 Å². The summed E-state index contributed by atoms with van der Waals surface area (Å²) in [5.74, 6) is 1.64. The van der Waals surface area contributed by atoms with Crippen LogP contribution in [0.3, 0.4) is 0 Å². The quantitative estimate of drug-likeness (QED) is 0.153. The molecule has 0 aromatic carbocycles. The zero-order valence-electron chi connectivity index (χ0n) is 23.2. The van der Waals surface area contributed by atoms with Crippen molar-refractivity contribution in [3.05, 3.63) is 11.1 Å². The van der Waals surface area contributed by atoms with Gasteiger partial charge in [-0.05, 0) is 49.3 Å². The molecule has 194 valence electrons. The molecule has 1 unspecified atom stereocenters. The van der Waals surface area contributed by atoms with E-state index in [1.807, 2.05) is 11.8 Å². The van der Waals surface area contributed by atoms with Crippen LogP contribution in [0.2, 0.25) is 0 Å². The molecule has 0 spiro atoms. The summed E-state index contributed by atoms with van der Waals surface area (Å²) in [6, 6.07) is 0. The fourth-order valence-electron chi connectivity index (χ4n) is 5.60. The molecule has 0 aromatic heterocycles. The van der Waals surface area contributed by atoms with Crippen LogP contribution in [0.5, 0.6) is 0 Å². The SMILES string of the molecule is CCCCCCCCCCCCCCCCCCSC(C)CC(=O)C1=C(C)CCCC1(C)C. The van der Waals surface area contributed by atoms with Gasteiger partial charge in [0, 0.05) is 11.7 Å². The minimum atomic E-state index is 0.0810. The highest BCUT2D eigenvalue weighted by molar-refractivity contribution is 7.99. The van der Waals surface area contributed by atoms with Gasteiger partial charge in [-0.2, -0.15) is 11.8 Å². The molecule has 0 saturated carbocycles. The second-order valence-electron chi connectivity index (χ2n) is 11.5. The number of Topliss-reactive ketones (excluding diaryl/α,β-unsaturated/α-hetero) is 1. The molecule has 0 amide bonds. The molecule has 33 heavy (non-hydrogen) atoms. The van der Waals surface area contributed by atoms with Crippen molar-refractivity contribution < 1.29 is 4.79 Å². The van der Waals surface area contributed by atoms with Gasteiger partial charge in [0.25, 0.3) is 0 Å². The Balaban J connectivity index is 1.92. The van der Waals surface area contributed by atoms with Gasteiger partial charge in [-0.25, -0.2) is 0 Å². The molecular formula is C31H58OS. The van der Waals surface area contributed by atoms with Crippen molar-refractivity contribution in [2.45, 2.75) is 168 Å². The molecule has 0 radical (unpaired) electrons. The van der Waals surface area contributed by atoms with Crippen LogP contribution in [0.1, 0.15) is 163 Å². The van der Waals surface area contributed by atoms with E-state index < -0.39 is 0 Å². The Kier molecular flexibility index (Phi) is 17.7. The number of thioether (sulfide) groups is 1. The number of rotatable bonds is 21. The average molecular weight is 479 g/mol. The molecule has 1 aliphatic carbocycles. The highest BCUT2D eigenvalue weighted by Crippen LogP contribution is 2.41. The maximum atomic E-state index is 12.9. The lowest BCUT2D eigenvalue weighted by molar-refractivity contribution is -0.116.